The monoisotopic (exact) mass is 429 g/mol. The van der Waals surface area contributed by atoms with E-state index in [4.69, 9.17) is 4.74 Å². The standard InChI is InChI=1S/C23H31N3O3S/c1-23(2,3)29-22(28)24-12-9-21(27)25-15-19(17-7-5-4-6-8-17)26-13-10-20-18(16-26)11-14-30-20/h4-8,11,14,19H,9-10,12-13,15-16H2,1-3H3,(H,24,28)(H,25,27). The molecule has 1 aromatic carbocycles. The molecule has 2 heterocycles. The minimum absolute atomic E-state index is 0.0831. The van der Waals surface area contributed by atoms with Crippen LogP contribution in [-0.2, 0) is 22.5 Å². The summed E-state index contributed by atoms with van der Waals surface area (Å²) in [7, 11) is 0. The molecule has 162 valence electrons. The molecule has 2 amide bonds. The van der Waals surface area contributed by atoms with Gasteiger partial charge in [-0.1, -0.05) is 30.3 Å². The first-order chi connectivity index (χ1) is 14.3. The van der Waals surface area contributed by atoms with Crippen molar-refractivity contribution in [1.29, 1.82) is 0 Å². The van der Waals surface area contributed by atoms with Crippen molar-refractivity contribution in [2.24, 2.45) is 0 Å². The Kier molecular flexibility index (Phi) is 7.50. The van der Waals surface area contributed by atoms with Crippen LogP contribution in [0.25, 0.3) is 0 Å². The van der Waals surface area contributed by atoms with E-state index < -0.39 is 11.7 Å². The summed E-state index contributed by atoms with van der Waals surface area (Å²) in [5.41, 5.74) is 2.04. The molecular weight excluding hydrogens is 398 g/mol. The molecule has 1 aliphatic heterocycles. The molecule has 0 fully saturated rings. The van der Waals surface area contributed by atoms with E-state index in [1.165, 1.54) is 16.0 Å². The quantitative estimate of drug-likeness (QED) is 0.701. The Labute approximate surface area is 182 Å². The highest BCUT2D eigenvalue weighted by molar-refractivity contribution is 7.10. The van der Waals surface area contributed by atoms with Crippen LogP contribution in [0.4, 0.5) is 4.79 Å². The molecule has 1 atom stereocenters. The fourth-order valence-corrected chi connectivity index (χ4v) is 4.45. The zero-order valence-electron chi connectivity index (χ0n) is 17.9. The first-order valence-electron chi connectivity index (χ1n) is 10.4. The lowest BCUT2D eigenvalue weighted by molar-refractivity contribution is -0.121. The van der Waals surface area contributed by atoms with Gasteiger partial charge in [0.1, 0.15) is 5.60 Å². The van der Waals surface area contributed by atoms with Gasteiger partial charge in [-0.2, -0.15) is 0 Å². The van der Waals surface area contributed by atoms with Crippen molar-refractivity contribution in [2.75, 3.05) is 19.6 Å². The number of alkyl carbamates (subject to hydrolysis) is 1. The Morgan fingerprint density at radius 3 is 2.67 bits per heavy atom. The van der Waals surface area contributed by atoms with Crippen LogP contribution in [0, 0.1) is 0 Å². The summed E-state index contributed by atoms with van der Waals surface area (Å²) in [4.78, 5) is 28.0. The summed E-state index contributed by atoms with van der Waals surface area (Å²) in [5, 5.41) is 7.84. The maximum absolute atomic E-state index is 12.4. The number of ether oxygens (including phenoxy) is 1. The Morgan fingerprint density at radius 2 is 1.93 bits per heavy atom. The van der Waals surface area contributed by atoms with E-state index in [-0.39, 0.29) is 24.9 Å². The second-order valence-electron chi connectivity index (χ2n) is 8.50. The average Bonchev–Trinajstić information content (AvgIpc) is 3.15. The lowest BCUT2D eigenvalue weighted by Gasteiger charge is -2.35. The van der Waals surface area contributed by atoms with E-state index in [0.29, 0.717) is 6.54 Å². The fraction of sp³-hybridized carbons (Fsp3) is 0.478. The molecule has 3 rings (SSSR count). The van der Waals surface area contributed by atoms with Crippen LogP contribution in [0.5, 0.6) is 0 Å². The van der Waals surface area contributed by atoms with Crippen LogP contribution < -0.4 is 10.6 Å². The number of benzene rings is 1. The van der Waals surface area contributed by atoms with Gasteiger partial charge in [-0.15, -0.1) is 11.3 Å². The molecule has 0 aliphatic carbocycles. The van der Waals surface area contributed by atoms with Gasteiger partial charge in [-0.3, -0.25) is 9.69 Å². The molecule has 1 unspecified atom stereocenters. The summed E-state index contributed by atoms with van der Waals surface area (Å²) < 4.78 is 5.19. The Bertz CT molecular complexity index is 845. The minimum atomic E-state index is -0.550. The second kappa shape index (κ2) is 10.1. The summed E-state index contributed by atoms with van der Waals surface area (Å²) >= 11 is 1.83. The van der Waals surface area contributed by atoms with Gasteiger partial charge in [0.2, 0.25) is 5.91 Å². The predicted octanol–water partition coefficient (Wildman–Crippen LogP) is 3.88. The van der Waals surface area contributed by atoms with Crippen molar-refractivity contribution in [3.63, 3.8) is 0 Å². The number of rotatable bonds is 7. The third-order valence-electron chi connectivity index (χ3n) is 4.98. The van der Waals surface area contributed by atoms with Gasteiger partial charge in [0.15, 0.2) is 0 Å². The first kappa shape index (κ1) is 22.3. The van der Waals surface area contributed by atoms with Crippen molar-refractivity contribution in [1.82, 2.24) is 15.5 Å². The van der Waals surface area contributed by atoms with Crippen LogP contribution in [0.3, 0.4) is 0 Å². The molecule has 0 radical (unpaired) electrons. The van der Waals surface area contributed by atoms with Crippen LogP contribution in [0.1, 0.15) is 49.2 Å². The molecule has 1 aromatic heterocycles. The average molecular weight is 430 g/mol. The van der Waals surface area contributed by atoms with Gasteiger partial charge in [-0.25, -0.2) is 4.79 Å². The fourth-order valence-electron chi connectivity index (χ4n) is 3.56. The van der Waals surface area contributed by atoms with Crippen molar-refractivity contribution in [3.8, 4) is 0 Å². The lowest BCUT2D eigenvalue weighted by atomic mass is 10.0. The number of carbonyl (C=O) groups is 2. The molecule has 2 N–H and O–H groups in total. The molecule has 1 aliphatic rings. The molecule has 0 saturated heterocycles. The van der Waals surface area contributed by atoms with E-state index in [2.05, 4.69) is 39.1 Å². The van der Waals surface area contributed by atoms with Gasteiger partial charge < -0.3 is 15.4 Å². The topological polar surface area (TPSA) is 70.7 Å². The minimum Gasteiger partial charge on any atom is -0.444 e. The number of nitrogens with one attached hydrogen (secondary N) is 2. The number of amides is 2. The number of nitrogens with zero attached hydrogens (tertiary/aromatic N) is 1. The van der Waals surface area contributed by atoms with E-state index in [1.807, 2.05) is 50.3 Å². The highest BCUT2D eigenvalue weighted by Gasteiger charge is 2.26. The van der Waals surface area contributed by atoms with Crippen LogP contribution in [0.15, 0.2) is 41.8 Å². The number of fused-ring (bicyclic) bond motifs is 1. The van der Waals surface area contributed by atoms with Crippen molar-refractivity contribution < 1.29 is 14.3 Å². The molecule has 30 heavy (non-hydrogen) atoms. The largest absolute Gasteiger partial charge is 0.444 e. The SMILES string of the molecule is CC(C)(C)OC(=O)NCCC(=O)NCC(c1ccccc1)N1CCc2sccc2C1. The normalized spacial score (nSPS) is 15.2. The first-order valence-corrected chi connectivity index (χ1v) is 11.3. The highest BCUT2D eigenvalue weighted by Crippen LogP contribution is 2.30. The van der Waals surface area contributed by atoms with E-state index in [1.54, 1.807) is 0 Å². The Hall–Kier alpha value is -2.38. The van der Waals surface area contributed by atoms with E-state index in [9.17, 15) is 9.59 Å². The van der Waals surface area contributed by atoms with Crippen molar-refractivity contribution in [2.45, 2.75) is 51.8 Å². The zero-order valence-corrected chi connectivity index (χ0v) is 18.8. The molecule has 0 spiro atoms. The van der Waals surface area contributed by atoms with E-state index in [0.717, 1.165) is 19.5 Å². The number of thiophene rings is 1. The smallest absolute Gasteiger partial charge is 0.407 e. The molecular formula is C23H31N3O3S. The van der Waals surface area contributed by atoms with Gasteiger partial charge >= 0.3 is 6.09 Å². The Morgan fingerprint density at radius 1 is 1.17 bits per heavy atom. The Balaban J connectivity index is 1.53. The third-order valence-corrected chi connectivity index (χ3v) is 6.00. The zero-order chi connectivity index (χ0) is 21.6. The summed E-state index contributed by atoms with van der Waals surface area (Å²) in [6.45, 7) is 8.08. The van der Waals surface area contributed by atoms with Crippen molar-refractivity contribution >= 4 is 23.3 Å². The van der Waals surface area contributed by atoms with E-state index >= 15 is 0 Å². The highest BCUT2D eigenvalue weighted by atomic mass is 32.1. The summed E-state index contributed by atoms with van der Waals surface area (Å²) in [5.74, 6) is -0.0831. The number of hydrogen-bond donors (Lipinski definition) is 2. The van der Waals surface area contributed by atoms with Crippen LogP contribution in [0.2, 0.25) is 0 Å². The van der Waals surface area contributed by atoms with Gasteiger partial charge in [0, 0.05) is 37.5 Å². The second-order valence-corrected chi connectivity index (χ2v) is 9.50. The number of carbonyl (C=O) groups excluding carboxylic acids is 2. The molecule has 7 heteroatoms. The molecule has 0 bridgehead atoms. The molecule has 2 aromatic rings. The van der Waals surface area contributed by atoms with Crippen molar-refractivity contribution in [3.05, 3.63) is 57.8 Å². The third kappa shape index (κ3) is 6.57. The maximum Gasteiger partial charge on any atom is 0.407 e. The van der Waals surface area contributed by atoms with Gasteiger partial charge in [0.05, 0.1) is 6.04 Å². The van der Waals surface area contributed by atoms with Crippen LogP contribution in [-0.4, -0.2) is 42.1 Å². The molecule has 6 nitrogen and oxygen atoms in total. The van der Waals surface area contributed by atoms with Crippen LogP contribution >= 0.6 is 11.3 Å². The maximum atomic E-state index is 12.4. The summed E-state index contributed by atoms with van der Waals surface area (Å²) in [6.07, 6.45) is 0.761. The summed E-state index contributed by atoms with van der Waals surface area (Å²) in [6, 6.07) is 12.6. The van der Waals surface area contributed by atoms with Gasteiger partial charge in [-0.05, 0) is 49.8 Å². The predicted molar refractivity (Wildman–Crippen MR) is 119 cm³/mol. The molecule has 0 saturated carbocycles. The lowest BCUT2D eigenvalue weighted by Crippen LogP contribution is -2.41. The van der Waals surface area contributed by atoms with Gasteiger partial charge in [0.25, 0.3) is 0 Å². The number of hydrogen-bond acceptors (Lipinski definition) is 5.